The van der Waals surface area contributed by atoms with Crippen LogP contribution in [0.4, 0.5) is 8.78 Å². The average Bonchev–Trinajstić information content (AvgIpc) is 2.38. The minimum atomic E-state index is -0.663. The van der Waals surface area contributed by atoms with Gasteiger partial charge in [0.2, 0.25) is 0 Å². The molecule has 0 heterocycles. The highest BCUT2D eigenvalue weighted by Crippen LogP contribution is 2.24. The van der Waals surface area contributed by atoms with E-state index in [1.54, 1.807) is 0 Å². The summed E-state index contributed by atoms with van der Waals surface area (Å²) in [6.45, 7) is -0.975. The van der Waals surface area contributed by atoms with E-state index < -0.39 is 18.8 Å². The van der Waals surface area contributed by atoms with E-state index in [0.29, 0.717) is 5.75 Å². The second-order valence-electron chi connectivity index (χ2n) is 3.58. The predicted octanol–water partition coefficient (Wildman–Crippen LogP) is 2.73. The third-order valence-corrected chi connectivity index (χ3v) is 3.34. The van der Waals surface area contributed by atoms with E-state index in [9.17, 15) is 8.78 Å². The van der Waals surface area contributed by atoms with Gasteiger partial charge < -0.3 is 10.5 Å². The van der Waals surface area contributed by atoms with E-state index in [1.165, 1.54) is 18.9 Å². The SMILES string of the molecule is COC(c1ccc(SCCF)cc1)C(N)CF. The van der Waals surface area contributed by atoms with Crippen LogP contribution in [-0.4, -0.2) is 32.3 Å². The molecule has 1 aromatic rings. The quantitative estimate of drug-likeness (QED) is 0.767. The minimum Gasteiger partial charge on any atom is -0.375 e. The molecule has 2 N–H and O–H groups in total. The van der Waals surface area contributed by atoms with Gasteiger partial charge in [0.15, 0.2) is 0 Å². The van der Waals surface area contributed by atoms with Crippen molar-refractivity contribution in [1.82, 2.24) is 0 Å². The first kappa shape index (κ1) is 14.4. The first-order chi connectivity index (χ1) is 8.22. The molecule has 0 aliphatic heterocycles. The van der Waals surface area contributed by atoms with Crippen LogP contribution in [0.3, 0.4) is 0 Å². The van der Waals surface area contributed by atoms with Crippen molar-refractivity contribution in [3.8, 4) is 0 Å². The maximum absolute atomic E-state index is 12.5. The van der Waals surface area contributed by atoms with E-state index in [4.69, 9.17) is 10.5 Å². The fourth-order valence-corrected chi connectivity index (χ4v) is 2.19. The van der Waals surface area contributed by atoms with Gasteiger partial charge in [-0.25, -0.2) is 4.39 Å². The van der Waals surface area contributed by atoms with Crippen LogP contribution in [0.5, 0.6) is 0 Å². The van der Waals surface area contributed by atoms with Crippen molar-refractivity contribution in [2.45, 2.75) is 17.0 Å². The number of methoxy groups -OCH3 is 1. The molecule has 1 rings (SSSR count). The molecule has 2 nitrogen and oxygen atoms in total. The van der Waals surface area contributed by atoms with Crippen LogP contribution in [0.15, 0.2) is 29.2 Å². The maximum atomic E-state index is 12.5. The normalized spacial score (nSPS) is 14.6. The Balaban J connectivity index is 2.71. The predicted molar refractivity (Wildman–Crippen MR) is 66.8 cm³/mol. The zero-order valence-electron chi connectivity index (χ0n) is 9.74. The summed E-state index contributed by atoms with van der Waals surface area (Å²) in [6.07, 6.45) is -0.444. The molecule has 1 aromatic carbocycles. The largest absolute Gasteiger partial charge is 0.375 e. The van der Waals surface area contributed by atoms with Crippen molar-refractivity contribution in [3.05, 3.63) is 29.8 Å². The van der Waals surface area contributed by atoms with Crippen molar-refractivity contribution in [1.29, 1.82) is 0 Å². The van der Waals surface area contributed by atoms with Gasteiger partial charge in [0.05, 0.1) is 18.8 Å². The molecule has 0 fully saturated rings. The summed E-state index contributed by atoms with van der Waals surface area (Å²) in [7, 11) is 1.51. The first-order valence-corrected chi connectivity index (χ1v) is 6.34. The van der Waals surface area contributed by atoms with Gasteiger partial charge in [-0.3, -0.25) is 4.39 Å². The summed E-state index contributed by atoms with van der Waals surface area (Å²) in [5, 5.41) is 0. The summed E-state index contributed by atoms with van der Waals surface area (Å²) < 4.78 is 29.7. The molecule has 0 saturated carbocycles. The van der Waals surface area contributed by atoms with Crippen LogP contribution < -0.4 is 5.73 Å². The Morgan fingerprint density at radius 3 is 2.41 bits per heavy atom. The van der Waals surface area contributed by atoms with Gasteiger partial charge in [0, 0.05) is 17.8 Å². The number of benzene rings is 1. The molecule has 0 radical (unpaired) electrons. The number of thioether (sulfide) groups is 1. The lowest BCUT2D eigenvalue weighted by molar-refractivity contribution is 0.0720. The van der Waals surface area contributed by atoms with Gasteiger partial charge in [0.25, 0.3) is 0 Å². The van der Waals surface area contributed by atoms with E-state index >= 15 is 0 Å². The number of nitrogens with two attached hydrogens (primary N) is 1. The molecule has 0 bridgehead atoms. The molecule has 0 aromatic heterocycles. The zero-order chi connectivity index (χ0) is 12.7. The van der Waals surface area contributed by atoms with E-state index in [1.807, 2.05) is 24.3 Å². The summed E-state index contributed by atoms with van der Waals surface area (Å²) in [6, 6.07) is 6.75. The first-order valence-electron chi connectivity index (χ1n) is 5.36. The molecule has 0 spiro atoms. The summed E-state index contributed by atoms with van der Waals surface area (Å²) in [5.41, 5.74) is 6.46. The molecule has 0 aliphatic rings. The van der Waals surface area contributed by atoms with Crippen molar-refractivity contribution in [2.75, 3.05) is 26.2 Å². The number of ether oxygens (including phenoxy) is 1. The van der Waals surface area contributed by atoms with Gasteiger partial charge in [-0.15, -0.1) is 11.8 Å². The molecular formula is C12H17F2NOS. The monoisotopic (exact) mass is 261 g/mol. The van der Waals surface area contributed by atoms with Crippen LogP contribution in [0, 0.1) is 0 Å². The number of alkyl halides is 2. The summed E-state index contributed by atoms with van der Waals surface area (Å²) in [5.74, 6) is 0.442. The van der Waals surface area contributed by atoms with Crippen LogP contribution in [0.2, 0.25) is 0 Å². The highest BCUT2D eigenvalue weighted by molar-refractivity contribution is 7.99. The molecule has 2 unspecified atom stereocenters. The highest BCUT2D eigenvalue weighted by Gasteiger charge is 2.18. The topological polar surface area (TPSA) is 35.2 Å². The summed E-state index contributed by atoms with van der Waals surface area (Å²) >= 11 is 1.44. The molecule has 2 atom stereocenters. The lowest BCUT2D eigenvalue weighted by atomic mass is 10.0. The fraction of sp³-hybridized carbons (Fsp3) is 0.500. The van der Waals surface area contributed by atoms with Crippen molar-refractivity contribution in [2.24, 2.45) is 5.73 Å². The standard InChI is InChI=1S/C12H17F2NOS/c1-16-12(11(15)8-14)9-2-4-10(5-3-9)17-7-6-13/h2-5,11-12H,6-8,15H2,1H3. The molecule has 96 valence electrons. The second-order valence-corrected chi connectivity index (χ2v) is 4.75. The Labute approximate surface area is 105 Å². The zero-order valence-corrected chi connectivity index (χ0v) is 10.6. The fourth-order valence-electron chi connectivity index (χ4n) is 1.55. The van der Waals surface area contributed by atoms with E-state index in [0.717, 1.165) is 10.5 Å². The molecule has 0 aliphatic carbocycles. The Morgan fingerprint density at radius 1 is 1.29 bits per heavy atom. The minimum absolute atomic E-state index is 0.347. The van der Waals surface area contributed by atoms with Crippen LogP contribution in [0.25, 0.3) is 0 Å². The van der Waals surface area contributed by atoms with Crippen LogP contribution in [-0.2, 0) is 4.74 Å². The third kappa shape index (κ3) is 4.26. The van der Waals surface area contributed by atoms with Gasteiger partial charge in [-0.05, 0) is 17.7 Å². The molecule has 5 heteroatoms. The Morgan fingerprint density at radius 2 is 1.94 bits per heavy atom. The number of hydrogen-bond acceptors (Lipinski definition) is 3. The second kappa shape index (κ2) is 7.63. The molecule has 0 saturated heterocycles. The lowest BCUT2D eigenvalue weighted by Crippen LogP contribution is -2.31. The Kier molecular flexibility index (Phi) is 6.47. The summed E-state index contributed by atoms with van der Waals surface area (Å²) in [4.78, 5) is 0.982. The van der Waals surface area contributed by atoms with Crippen LogP contribution >= 0.6 is 11.8 Å². The van der Waals surface area contributed by atoms with Gasteiger partial charge in [-0.1, -0.05) is 12.1 Å². The van der Waals surface area contributed by atoms with E-state index in [-0.39, 0.29) is 6.67 Å². The van der Waals surface area contributed by atoms with Crippen molar-refractivity contribution < 1.29 is 13.5 Å². The van der Waals surface area contributed by atoms with Crippen LogP contribution in [0.1, 0.15) is 11.7 Å². The third-order valence-electron chi connectivity index (χ3n) is 2.38. The number of halogens is 2. The lowest BCUT2D eigenvalue weighted by Gasteiger charge is -2.20. The molecule has 0 amide bonds. The Bertz CT molecular complexity index is 321. The van der Waals surface area contributed by atoms with Crippen molar-refractivity contribution in [3.63, 3.8) is 0 Å². The number of hydrogen-bond donors (Lipinski definition) is 1. The average molecular weight is 261 g/mol. The Hall–Kier alpha value is -0.650. The van der Waals surface area contributed by atoms with Gasteiger partial charge in [-0.2, -0.15) is 0 Å². The van der Waals surface area contributed by atoms with Gasteiger partial charge >= 0.3 is 0 Å². The van der Waals surface area contributed by atoms with E-state index in [2.05, 4.69) is 0 Å². The van der Waals surface area contributed by atoms with Crippen molar-refractivity contribution >= 4 is 11.8 Å². The maximum Gasteiger partial charge on any atom is 0.107 e. The van der Waals surface area contributed by atoms with Gasteiger partial charge in [0.1, 0.15) is 6.67 Å². The highest BCUT2D eigenvalue weighted by atomic mass is 32.2. The molecular weight excluding hydrogens is 244 g/mol. The molecule has 17 heavy (non-hydrogen) atoms. The number of rotatable bonds is 7. The smallest absolute Gasteiger partial charge is 0.107 e.